The second-order valence-electron chi connectivity index (χ2n) is 7.23. The van der Waals surface area contributed by atoms with E-state index in [-0.39, 0.29) is 4.90 Å². The summed E-state index contributed by atoms with van der Waals surface area (Å²) in [7, 11) is -3.38. The zero-order chi connectivity index (χ0) is 24.0. The van der Waals surface area contributed by atoms with Crippen LogP contribution in [0.5, 0.6) is 0 Å². The number of esters is 1. The summed E-state index contributed by atoms with van der Waals surface area (Å²) < 4.78 is 70.5. The number of fused-ring (bicyclic) bond motifs is 1. The van der Waals surface area contributed by atoms with Gasteiger partial charge in [-0.2, -0.15) is 13.2 Å². The summed E-state index contributed by atoms with van der Waals surface area (Å²) in [5, 5.41) is -0.00361. The highest BCUT2D eigenvalue weighted by molar-refractivity contribution is 7.99. The second kappa shape index (κ2) is 8.64. The Kier molecular flexibility index (Phi) is 6.61. The van der Waals surface area contributed by atoms with E-state index < -0.39 is 38.7 Å². The fraction of sp³-hybridized carbons (Fsp3) is 0.286. The summed E-state index contributed by atoms with van der Waals surface area (Å²) in [5.41, 5.74) is 0.532. The highest BCUT2D eigenvalue weighted by Gasteiger charge is 2.35. The molecule has 0 radical (unpaired) electrons. The first-order valence-electron chi connectivity index (χ1n) is 9.26. The van der Waals surface area contributed by atoms with Gasteiger partial charge in [0.25, 0.3) is 0 Å². The van der Waals surface area contributed by atoms with Gasteiger partial charge in [0.2, 0.25) is 0 Å². The molecule has 11 heteroatoms. The predicted octanol–water partition coefficient (Wildman–Crippen LogP) is 6.10. The molecule has 0 aliphatic carbocycles. The minimum Gasteiger partial charge on any atom is -0.458 e. The lowest BCUT2D eigenvalue weighted by molar-refractivity contribution is -0.145. The van der Waals surface area contributed by atoms with Crippen LogP contribution in [0.2, 0.25) is 5.02 Å². The molecule has 32 heavy (non-hydrogen) atoms. The van der Waals surface area contributed by atoms with E-state index in [9.17, 15) is 26.4 Å². The molecule has 0 aliphatic rings. The van der Waals surface area contributed by atoms with Gasteiger partial charge in [-0.3, -0.25) is 4.79 Å². The van der Waals surface area contributed by atoms with Gasteiger partial charge >= 0.3 is 12.1 Å². The largest absolute Gasteiger partial charge is 0.458 e. The summed E-state index contributed by atoms with van der Waals surface area (Å²) in [6, 6.07) is 7.24. The molecule has 1 aromatic carbocycles. The Morgan fingerprint density at radius 2 is 1.81 bits per heavy atom. The minimum atomic E-state index is -4.66. The molecule has 0 aliphatic heterocycles. The average Bonchev–Trinajstić information content (AvgIpc) is 2.90. The van der Waals surface area contributed by atoms with Crippen LogP contribution in [0.4, 0.5) is 13.2 Å². The number of alkyl halides is 3. The van der Waals surface area contributed by atoms with Gasteiger partial charge in [-0.25, -0.2) is 8.42 Å². The van der Waals surface area contributed by atoms with Crippen molar-refractivity contribution in [1.29, 1.82) is 0 Å². The first-order chi connectivity index (χ1) is 14.7. The van der Waals surface area contributed by atoms with Gasteiger partial charge in [-0.1, -0.05) is 23.4 Å². The summed E-state index contributed by atoms with van der Waals surface area (Å²) >= 11 is 7.11. The monoisotopic (exact) mass is 505 g/mol. The van der Waals surface area contributed by atoms with Crippen LogP contribution in [-0.2, 0) is 25.5 Å². The molecule has 1 unspecified atom stereocenters. The van der Waals surface area contributed by atoms with Crippen LogP contribution >= 0.6 is 23.4 Å². The highest BCUT2D eigenvalue weighted by atomic mass is 35.5. The smallest absolute Gasteiger partial charge is 0.419 e. The molecule has 2 aromatic heterocycles. The van der Waals surface area contributed by atoms with Crippen molar-refractivity contribution in [2.75, 3.05) is 6.26 Å². The zero-order valence-electron chi connectivity index (χ0n) is 17.5. The van der Waals surface area contributed by atoms with Gasteiger partial charge in [0.1, 0.15) is 6.10 Å². The van der Waals surface area contributed by atoms with E-state index in [4.69, 9.17) is 16.3 Å². The van der Waals surface area contributed by atoms with Crippen LogP contribution in [0.15, 0.2) is 51.3 Å². The number of hydrogen-bond donors (Lipinski definition) is 0. The second-order valence-corrected chi connectivity index (χ2v) is 10.7. The van der Waals surface area contributed by atoms with E-state index in [1.54, 1.807) is 26.0 Å². The Labute approximate surface area is 192 Å². The average molecular weight is 506 g/mol. The Hall–Kier alpha value is -2.17. The van der Waals surface area contributed by atoms with Gasteiger partial charge in [0.15, 0.2) is 9.84 Å². The molecule has 0 fully saturated rings. The topological polar surface area (TPSA) is 64.9 Å². The van der Waals surface area contributed by atoms with Gasteiger partial charge in [-0.05, 0) is 49.7 Å². The van der Waals surface area contributed by atoms with E-state index in [2.05, 4.69) is 0 Å². The maximum Gasteiger partial charge on any atom is 0.419 e. The van der Waals surface area contributed by atoms with Gasteiger partial charge in [-0.15, -0.1) is 0 Å². The number of nitrogens with zero attached hydrogens (tertiary/aromatic N) is 1. The van der Waals surface area contributed by atoms with Crippen molar-refractivity contribution in [3.8, 4) is 0 Å². The van der Waals surface area contributed by atoms with Crippen LogP contribution in [0.25, 0.3) is 5.52 Å². The normalized spacial score (nSPS) is 13.4. The predicted molar refractivity (Wildman–Crippen MR) is 116 cm³/mol. The third kappa shape index (κ3) is 4.92. The van der Waals surface area contributed by atoms with Crippen LogP contribution in [0.1, 0.15) is 36.6 Å². The van der Waals surface area contributed by atoms with Crippen LogP contribution in [0, 0.1) is 6.92 Å². The molecule has 172 valence electrons. The lowest BCUT2D eigenvalue weighted by atomic mass is 10.1. The summed E-state index contributed by atoms with van der Waals surface area (Å²) in [4.78, 5) is 12.2. The Bertz CT molecular complexity index is 1300. The first kappa shape index (κ1) is 24.5. The number of aromatic nitrogens is 1. The molecule has 1 atom stereocenters. The third-order valence-corrected chi connectivity index (χ3v) is 7.42. The number of ether oxygens (including phenoxy) is 1. The van der Waals surface area contributed by atoms with E-state index in [1.165, 1.54) is 29.5 Å². The molecule has 3 aromatic rings. The molecular formula is C21H19ClF3NO4S2. The van der Waals surface area contributed by atoms with Crippen LogP contribution in [-0.4, -0.2) is 25.0 Å². The fourth-order valence-electron chi connectivity index (χ4n) is 3.41. The van der Waals surface area contributed by atoms with E-state index >= 15 is 0 Å². The molecule has 0 N–H and O–H groups in total. The lowest BCUT2D eigenvalue weighted by Gasteiger charge is -2.14. The van der Waals surface area contributed by atoms with Crippen molar-refractivity contribution in [3.05, 3.63) is 58.2 Å². The first-order valence-corrected chi connectivity index (χ1v) is 12.3. The van der Waals surface area contributed by atoms with Crippen molar-refractivity contribution in [3.63, 3.8) is 0 Å². The lowest BCUT2D eigenvalue weighted by Crippen LogP contribution is -2.08. The number of sulfone groups is 1. The zero-order valence-corrected chi connectivity index (χ0v) is 19.8. The van der Waals surface area contributed by atoms with Crippen molar-refractivity contribution >= 4 is 44.7 Å². The van der Waals surface area contributed by atoms with E-state index in [0.717, 1.165) is 24.2 Å². The molecule has 0 saturated carbocycles. The minimum absolute atomic E-state index is 0.133. The van der Waals surface area contributed by atoms with E-state index in [0.29, 0.717) is 26.6 Å². The molecule has 0 bridgehead atoms. The van der Waals surface area contributed by atoms with Crippen molar-refractivity contribution in [1.82, 2.24) is 4.40 Å². The van der Waals surface area contributed by atoms with Crippen LogP contribution in [0.3, 0.4) is 0 Å². The third-order valence-electron chi connectivity index (χ3n) is 4.78. The molecule has 0 spiro atoms. The van der Waals surface area contributed by atoms with Crippen molar-refractivity contribution in [2.45, 2.75) is 47.9 Å². The molecular weight excluding hydrogens is 487 g/mol. The van der Waals surface area contributed by atoms with Crippen molar-refractivity contribution < 1.29 is 31.1 Å². The van der Waals surface area contributed by atoms with Gasteiger partial charge < -0.3 is 9.14 Å². The van der Waals surface area contributed by atoms with Gasteiger partial charge in [0, 0.05) is 29.8 Å². The molecule has 0 amide bonds. The molecule has 3 rings (SSSR count). The number of rotatable bonds is 5. The summed E-state index contributed by atoms with van der Waals surface area (Å²) in [6.45, 7) is 4.60. The quantitative estimate of drug-likeness (QED) is 0.392. The number of pyridine rings is 1. The maximum absolute atomic E-state index is 13.5. The van der Waals surface area contributed by atoms with Crippen LogP contribution < -0.4 is 0 Å². The molecule has 2 heterocycles. The SMILES string of the molecule is CC(=O)OC(C)c1c(C)c(Sc2ccc(S(C)(=O)=O)cc2)n2cc(C(F)(F)F)c(Cl)cc12. The number of hydrogen-bond acceptors (Lipinski definition) is 5. The number of halogens is 4. The standard InChI is InChI=1S/C21H19ClF3NO4S2/c1-11-19(12(2)30-13(3)27)18-9-17(22)16(21(23,24)25)10-26(18)20(11)31-14-5-7-15(8-6-14)32(4,28)29/h5-10,12H,1-4H3. The Balaban J connectivity index is 2.21. The Morgan fingerprint density at radius 3 is 2.31 bits per heavy atom. The number of benzene rings is 1. The van der Waals surface area contributed by atoms with Gasteiger partial charge in [0.05, 0.1) is 26.0 Å². The number of carbonyl (C=O) groups excluding carboxylic acids is 1. The summed E-state index contributed by atoms with van der Waals surface area (Å²) in [6.07, 6.45) is -3.38. The molecule has 0 saturated heterocycles. The van der Waals surface area contributed by atoms with E-state index in [1.807, 2.05) is 0 Å². The number of carbonyl (C=O) groups is 1. The molecule has 5 nitrogen and oxygen atoms in total. The maximum atomic E-state index is 13.5. The van der Waals surface area contributed by atoms with Crippen molar-refractivity contribution in [2.24, 2.45) is 0 Å². The highest BCUT2D eigenvalue weighted by Crippen LogP contribution is 2.43. The fourth-order valence-corrected chi connectivity index (χ4v) is 5.31. The Morgan fingerprint density at radius 1 is 1.22 bits per heavy atom. The summed E-state index contributed by atoms with van der Waals surface area (Å²) in [5.74, 6) is -0.528.